The first-order chi connectivity index (χ1) is 11.0. The van der Waals surface area contributed by atoms with Crippen molar-refractivity contribution in [1.29, 1.82) is 0 Å². The average molecular weight is 332 g/mol. The van der Waals surface area contributed by atoms with Crippen molar-refractivity contribution < 1.29 is 9.90 Å². The van der Waals surface area contributed by atoms with Crippen molar-refractivity contribution in [2.24, 2.45) is 7.05 Å². The molecule has 0 bridgehead atoms. The van der Waals surface area contributed by atoms with Crippen LogP contribution in [0.1, 0.15) is 46.2 Å². The highest BCUT2D eigenvalue weighted by Crippen LogP contribution is 2.39. The second-order valence-corrected chi connectivity index (χ2v) is 6.18. The highest BCUT2D eigenvalue weighted by molar-refractivity contribution is 6.37. The normalized spacial score (nSPS) is 14.6. The number of aryl methyl sites for hydroxylation is 2. The molecule has 1 saturated carbocycles. The van der Waals surface area contributed by atoms with Gasteiger partial charge in [0, 0.05) is 24.7 Å². The van der Waals surface area contributed by atoms with Crippen LogP contribution in [0.15, 0.2) is 12.3 Å². The molecule has 3 aromatic heterocycles. The topological polar surface area (TPSA) is 85.3 Å². The smallest absolute Gasteiger partial charge is 0.220 e. The summed E-state index contributed by atoms with van der Waals surface area (Å²) < 4.78 is 3.09. The lowest BCUT2D eigenvalue weighted by Crippen LogP contribution is -2.05. The van der Waals surface area contributed by atoms with E-state index in [-0.39, 0.29) is 27.8 Å². The number of halogens is 1. The Kier molecular flexibility index (Phi) is 2.96. The van der Waals surface area contributed by atoms with Crippen LogP contribution in [-0.2, 0) is 7.05 Å². The van der Waals surface area contributed by atoms with Gasteiger partial charge in [-0.05, 0) is 25.8 Å². The molecule has 23 heavy (non-hydrogen) atoms. The quantitative estimate of drug-likeness (QED) is 0.744. The minimum atomic E-state index is -0.378. The molecule has 8 heteroatoms. The first kappa shape index (κ1) is 14.2. The standard InChI is InChI=1S/C15H14ClN5O2/c1-7-10(15(23)20(2)19-7)12(22)9-5-6-21-13(8-3-4-8)17-18-14(21)11(9)16/h5-6,8,23H,3-4H2,1-2H3. The van der Waals surface area contributed by atoms with Crippen LogP contribution >= 0.6 is 11.6 Å². The summed E-state index contributed by atoms with van der Waals surface area (Å²) in [6.45, 7) is 1.67. The predicted octanol–water partition coefficient (Wildman–Crippen LogP) is 2.24. The van der Waals surface area contributed by atoms with Crippen molar-refractivity contribution in [3.05, 3.63) is 39.9 Å². The Balaban J connectivity index is 1.85. The third-order valence-corrected chi connectivity index (χ3v) is 4.52. The summed E-state index contributed by atoms with van der Waals surface area (Å²) in [7, 11) is 1.57. The van der Waals surface area contributed by atoms with E-state index in [9.17, 15) is 9.90 Å². The highest BCUT2D eigenvalue weighted by Gasteiger charge is 2.30. The molecule has 1 aliphatic rings. The van der Waals surface area contributed by atoms with Gasteiger partial charge >= 0.3 is 0 Å². The van der Waals surface area contributed by atoms with Crippen molar-refractivity contribution in [1.82, 2.24) is 24.4 Å². The van der Waals surface area contributed by atoms with Crippen LogP contribution < -0.4 is 0 Å². The number of rotatable bonds is 3. The first-order valence-electron chi connectivity index (χ1n) is 7.29. The van der Waals surface area contributed by atoms with Gasteiger partial charge < -0.3 is 5.11 Å². The summed E-state index contributed by atoms with van der Waals surface area (Å²) in [5.41, 5.74) is 1.34. The second-order valence-electron chi connectivity index (χ2n) is 5.81. The van der Waals surface area contributed by atoms with Crippen LogP contribution in [0.2, 0.25) is 5.02 Å². The molecule has 0 aliphatic heterocycles. The summed E-state index contributed by atoms with van der Waals surface area (Å²) in [5, 5.41) is 22.6. The van der Waals surface area contributed by atoms with E-state index in [4.69, 9.17) is 11.6 Å². The van der Waals surface area contributed by atoms with Crippen LogP contribution in [0.25, 0.3) is 5.65 Å². The fourth-order valence-corrected chi connectivity index (χ4v) is 3.06. The molecule has 0 saturated heterocycles. The largest absolute Gasteiger partial charge is 0.493 e. The van der Waals surface area contributed by atoms with Crippen molar-refractivity contribution in [3.63, 3.8) is 0 Å². The zero-order valence-corrected chi connectivity index (χ0v) is 13.4. The maximum absolute atomic E-state index is 12.8. The molecule has 118 valence electrons. The van der Waals surface area contributed by atoms with Crippen molar-refractivity contribution in [3.8, 4) is 5.88 Å². The maximum atomic E-state index is 12.8. The van der Waals surface area contributed by atoms with Crippen molar-refractivity contribution in [2.75, 3.05) is 0 Å². The number of nitrogens with zero attached hydrogens (tertiary/aromatic N) is 5. The van der Waals surface area contributed by atoms with Gasteiger partial charge in [0.2, 0.25) is 11.7 Å². The van der Waals surface area contributed by atoms with Gasteiger partial charge in [-0.25, -0.2) is 4.68 Å². The Labute approximate surface area is 136 Å². The van der Waals surface area contributed by atoms with Crippen LogP contribution in [-0.4, -0.2) is 35.3 Å². The van der Waals surface area contributed by atoms with Crippen LogP contribution in [0.4, 0.5) is 0 Å². The van der Waals surface area contributed by atoms with E-state index in [1.54, 1.807) is 26.2 Å². The second kappa shape index (κ2) is 4.79. The summed E-state index contributed by atoms with van der Waals surface area (Å²) in [6.07, 6.45) is 3.95. The lowest BCUT2D eigenvalue weighted by molar-refractivity contribution is 0.103. The minimum absolute atomic E-state index is 0.153. The van der Waals surface area contributed by atoms with E-state index >= 15 is 0 Å². The molecule has 0 atom stereocenters. The summed E-state index contributed by atoms with van der Waals surface area (Å²) >= 11 is 6.38. The van der Waals surface area contributed by atoms with E-state index in [1.165, 1.54) is 4.68 Å². The molecule has 0 radical (unpaired) electrons. The summed E-state index contributed by atoms with van der Waals surface area (Å²) in [4.78, 5) is 12.8. The van der Waals surface area contributed by atoms with Crippen molar-refractivity contribution in [2.45, 2.75) is 25.7 Å². The van der Waals surface area contributed by atoms with Gasteiger partial charge in [-0.15, -0.1) is 10.2 Å². The Bertz CT molecular complexity index is 955. The summed E-state index contributed by atoms with van der Waals surface area (Å²) in [5.74, 6) is 0.744. The van der Waals surface area contributed by atoms with E-state index in [2.05, 4.69) is 15.3 Å². The average Bonchev–Trinajstić information content (AvgIpc) is 3.20. The molecule has 4 rings (SSSR count). The minimum Gasteiger partial charge on any atom is -0.493 e. The van der Waals surface area contributed by atoms with E-state index < -0.39 is 0 Å². The molecule has 0 amide bonds. The van der Waals surface area contributed by atoms with Gasteiger partial charge in [-0.1, -0.05) is 11.6 Å². The number of fused-ring (bicyclic) bond motifs is 1. The fraction of sp³-hybridized carbons (Fsp3) is 0.333. The predicted molar refractivity (Wildman–Crippen MR) is 83.0 cm³/mol. The third kappa shape index (κ3) is 2.03. The molecule has 3 aromatic rings. The number of hydrogen-bond donors (Lipinski definition) is 1. The van der Waals surface area contributed by atoms with Gasteiger partial charge in [0.25, 0.3) is 0 Å². The van der Waals surface area contributed by atoms with Crippen molar-refractivity contribution >= 4 is 23.0 Å². The zero-order chi connectivity index (χ0) is 16.3. The molecule has 1 aliphatic carbocycles. The van der Waals surface area contributed by atoms with Gasteiger partial charge in [-0.3, -0.25) is 9.20 Å². The number of carbonyl (C=O) groups is 1. The number of aromatic hydroxyl groups is 1. The molecule has 0 aromatic carbocycles. The number of hydrogen-bond acceptors (Lipinski definition) is 5. The lowest BCUT2D eigenvalue weighted by atomic mass is 10.0. The van der Waals surface area contributed by atoms with Crippen LogP contribution in [0.3, 0.4) is 0 Å². The summed E-state index contributed by atoms with van der Waals surface area (Å²) in [6, 6.07) is 1.64. The zero-order valence-electron chi connectivity index (χ0n) is 12.6. The Hall–Kier alpha value is -2.41. The fourth-order valence-electron chi connectivity index (χ4n) is 2.78. The SMILES string of the molecule is Cc1nn(C)c(O)c1C(=O)c1ccn2c(C3CC3)nnc2c1Cl. The molecular weight excluding hydrogens is 318 g/mol. The molecule has 7 nitrogen and oxygen atoms in total. The van der Waals surface area contributed by atoms with E-state index in [0.29, 0.717) is 17.3 Å². The number of aromatic nitrogens is 5. The van der Waals surface area contributed by atoms with Gasteiger partial charge in [0.15, 0.2) is 5.65 Å². The number of ketones is 1. The highest BCUT2D eigenvalue weighted by atomic mass is 35.5. The Morgan fingerprint density at radius 3 is 2.74 bits per heavy atom. The molecule has 1 fully saturated rings. The molecule has 0 spiro atoms. The number of carbonyl (C=O) groups excluding carboxylic acids is 1. The van der Waals surface area contributed by atoms with Gasteiger partial charge in [0.05, 0.1) is 10.7 Å². The van der Waals surface area contributed by atoms with E-state index in [1.807, 2.05) is 4.40 Å². The molecule has 0 unspecified atom stereocenters. The Morgan fingerprint density at radius 2 is 2.13 bits per heavy atom. The molecular formula is C15H14ClN5O2. The first-order valence-corrected chi connectivity index (χ1v) is 7.67. The molecule has 1 N–H and O–H groups in total. The molecule has 3 heterocycles. The maximum Gasteiger partial charge on any atom is 0.220 e. The van der Waals surface area contributed by atoms with Crippen LogP contribution in [0, 0.1) is 6.92 Å². The number of pyridine rings is 1. The van der Waals surface area contributed by atoms with Crippen LogP contribution in [0.5, 0.6) is 5.88 Å². The Morgan fingerprint density at radius 1 is 1.39 bits per heavy atom. The van der Waals surface area contributed by atoms with E-state index in [0.717, 1.165) is 18.7 Å². The van der Waals surface area contributed by atoms with Gasteiger partial charge in [-0.2, -0.15) is 5.10 Å². The lowest BCUT2D eigenvalue weighted by Gasteiger charge is -2.05. The third-order valence-electron chi connectivity index (χ3n) is 4.15. The van der Waals surface area contributed by atoms with Gasteiger partial charge in [0.1, 0.15) is 11.4 Å². The monoisotopic (exact) mass is 331 g/mol.